The third-order valence-corrected chi connectivity index (χ3v) is 5.13. The number of hydrogen-bond acceptors (Lipinski definition) is 4. The lowest BCUT2D eigenvalue weighted by molar-refractivity contribution is -0.0505. The van der Waals surface area contributed by atoms with Crippen LogP contribution in [0.1, 0.15) is 35.3 Å². The number of rotatable bonds is 4. The van der Waals surface area contributed by atoms with Crippen molar-refractivity contribution in [2.24, 2.45) is 5.11 Å². The number of alkyl halides is 2. The molecule has 1 aliphatic rings. The molecule has 3 aromatic rings. The van der Waals surface area contributed by atoms with Crippen LogP contribution in [0.2, 0.25) is 0 Å². The Balaban J connectivity index is 1.93. The fraction of sp³-hybridized carbons (Fsp3) is 0.235. The molecule has 0 spiro atoms. The van der Waals surface area contributed by atoms with Gasteiger partial charge in [0.25, 0.3) is 0 Å². The van der Waals surface area contributed by atoms with Gasteiger partial charge in [0.1, 0.15) is 27.9 Å². The molecule has 138 valence electrons. The summed E-state index contributed by atoms with van der Waals surface area (Å²) in [5, 5.41) is 3.89. The number of ether oxygens (including phenoxy) is 1. The van der Waals surface area contributed by atoms with Crippen LogP contribution in [0.5, 0.6) is 5.75 Å². The molecule has 0 amide bonds. The molecular formula is C17H12BrF3N5O+. The third-order valence-electron chi connectivity index (χ3n) is 4.54. The second-order valence-electron chi connectivity index (χ2n) is 6.02. The number of halogens is 4. The molecular weight excluding hydrogens is 427 g/mol. The van der Waals surface area contributed by atoms with Crippen molar-refractivity contribution in [3.05, 3.63) is 63.8 Å². The monoisotopic (exact) mass is 438 g/mol. The topological polar surface area (TPSA) is 76.8 Å². The summed E-state index contributed by atoms with van der Waals surface area (Å²) in [6, 6.07) is 7.26. The van der Waals surface area contributed by atoms with Crippen LogP contribution in [-0.4, -0.2) is 16.0 Å². The van der Waals surface area contributed by atoms with Crippen LogP contribution in [0.25, 0.3) is 5.65 Å². The maximum atomic E-state index is 13.9. The largest absolute Gasteiger partial charge is 0.435 e. The molecule has 2 heterocycles. The summed E-state index contributed by atoms with van der Waals surface area (Å²) in [7, 11) is 0. The van der Waals surface area contributed by atoms with E-state index in [0.717, 1.165) is 0 Å². The van der Waals surface area contributed by atoms with Crippen molar-refractivity contribution >= 4 is 21.6 Å². The Kier molecular flexibility index (Phi) is 4.45. The molecule has 0 radical (unpaired) electrons. The van der Waals surface area contributed by atoms with Crippen LogP contribution in [0, 0.1) is 11.3 Å². The predicted molar refractivity (Wildman–Crippen MR) is 92.4 cm³/mol. The van der Waals surface area contributed by atoms with Gasteiger partial charge >= 0.3 is 6.61 Å². The van der Waals surface area contributed by atoms with Crippen LogP contribution in [0.4, 0.5) is 13.2 Å². The van der Waals surface area contributed by atoms with Crippen LogP contribution < -0.4 is 9.65 Å². The van der Waals surface area contributed by atoms with Gasteiger partial charge in [-0.2, -0.15) is 8.78 Å². The number of nitrogens with one attached hydrogen (secondary N) is 1. The summed E-state index contributed by atoms with van der Waals surface area (Å²) in [6.07, 6.45) is 1.93. The van der Waals surface area contributed by atoms with E-state index in [9.17, 15) is 13.2 Å². The molecule has 6 nitrogen and oxygen atoms in total. The Bertz CT molecular complexity index is 1080. The second kappa shape index (κ2) is 6.79. The SMILES string of the molecule is N=[N+]=NC1CC(c2ccccc2OC(F)F)c2c1nc1cc(F)c(Br)cn21. The highest BCUT2D eigenvalue weighted by molar-refractivity contribution is 9.10. The smallest absolute Gasteiger partial charge is 0.387 e. The van der Waals surface area contributed by atoms with Gasteiger partial charge in [0.15, 0.2) is 6.04 Å². The van der Waals surface area contributed by atoms with Crippen LogP contribution in [-0.2, 0) is 0 Å². The summed E-state index contributed by atoms with van der Waals surface area (Å²) in [5.41, 5.74) is 9.19. The third kappa shape index (κ3) is 3.00. The van der Waals surface area contributed by atoms with Gasteiger partial charge in [-0.05, 0) is 28.4 Å². The van der Waals surface area contributed by atoms with Gasteiger partial charge in [-0.1, -0.05) is 18.2 Å². The maximum Gasteiger partial charge on any atom is 0.387 e. The Morgan fingerprint density at radius 3 is 2.89 bits per heavy atom. The Morgan fingerprint density at radius 2 is 2.15 bits per heavy atom. The van der Waals surface area contributed by atoms with E-state index in [2.05, 4.69) is 35.7 Å². The minimum atomic E-state index is -2.96. The highest BCUT2D eigenvalue weighted by Gasteiger charge is 2.41. The normalized spacial score (nSPS) is 18.6. The fourth-order valence-corrected chi connectivity index (χ4v) is 3.85. The Morgan fingerprint density at radius 1 is 1.37 bits per heavy atom. The number of benzene rings is 1. The summed E-state index contributed by atoms with van der Waals surface area (Å²) in [5.74, 6) is -0.788. The zero-order chi connectivity index (χ0) is 19.1. The van der Waals surface area contributed by atoms with Gasteiger partial charge in [-0.3, -0.25) is 0 Å². The van der Waals surface area contributed by atoms with E-state index in [1.54, 1.807) is 28.8 Å². The Labute approximate surface area is 159 Å². The first kappa shape index (κ1) is 17.7. The molecule has 0 aliphatic heterocycles. The quantitative estimate of drug-likeness (QED) is 0.461. The molecule has 1 aliphatic carbocycles. The number of para-hydroxylation sites is 1. The van der Waals surface area contributed by atoms with Crippen molar-refractivity contribution in [1.29, 1.82) is 5.53 Å². The molecule has 2 atom stereocenters. The van der Waals surface area contributed by atoms with Crippen molar-refractivity contribution in [2.45, 2.75) is 25.0 Å². The van der Waals surface area contributed by atoms with Crippen molar-refractivity contribution < 1.29 is 17.9 Å². The van der Waals surface area contributed by atoms with E-state index in [1.807, 2.05) is 0 Å². The van der Waals surface area contributed by atoms with E-state index in [4.69, 9.17) is 5.53 Å². The van der Waals surface area contributed by atoms with Gasteiger partial charge in [0.05, 0.1) is 15.9 Å². The van der Waals surface area contributed by atoms with E-state index < -0.39 is 18.5 Å². The number of fused-ring (bicyclic) bond motifs is 3. The van der Waals surface area contributed by atoms with Crippen molar-refractivity contribution in [1.82, 2.24) is 14.3 Å². The standard InChI is InChI=1S/C17H12BrF3N5O/c18-10-7-26-14(6-11(10)19)23-15-12(24-25-22)5-9(16(15)26)8-3-1-2-4-13(8)27-17(20)21/h1-4,6-7,9,12,17,22H,5H2/q+1. The molecule has 10 heteroatoms. The van der Waals surface area contributed by atoms with E-state index in [1.165, 1.54) is 12.1 Å². The molecule has 1 N–H and O–H groups in total. The predicted octanol–water partition coefficient (Wildman–Crippen LogP) is 4.96. The number of pyridine rings is 1. The maximum absolute atomic E-state index is 13.9. The van der Waals surface area contributed by atoms with Crippen LogP contribution in [0.15, 0.2) is 46.1 Å². The molecule has 1 aromatic carbocycles. The first-order chi connectivity index (χ1) is 13.0. The number of hydrogen-bond donors (Lipinski definition) is 1. The van der Waals surface area contributed by atoms with Crippen molar-refractivity contribution in [3.63, 3.8) is 0 Å². The van der Waals surface area contributed by atoms with E-state index >= 15 is 0 Å². The first-order valence-corrected chi connectivity index (χ1v) is 8.76. The van der Waals surface area contributed by atoms with Crippen molar-refractivity contribution in [3.8, 4) is 5.75 Å². The highest BCUT2D eigenvalue weighted by atomic mass is 79.9. The van der Waals surface area contributed by atoms with E-state index in [0.29, 0.717) is 29.0 Å². The van der Waals surface area contributed by atoms with Gasteiger partial charge in [-0.15, -0.1) is 0 Å². The van der Waals surface area contributed by atoms with Gasteiger partial charge < -0.3 is 9.14 Å². The average Bonchev–Trinajstić information content (AvgIpc) is 3.14. The molecule has 2 aromatic heterocycles. The average molecular weight is 439 g/mol. The van der Waals surface area contributed by atoms with Crippen LogP contribution in [0.3, 0.4) is 0 Å². The lowest BCUT2D eigenvalue weighted by Crippen LogP contribution is -2.08. The first-order valence-electron chi connectivity index (χ1n) is 7.96. The molecule has 27 heavy (non-hydrogen) atoms. The van der Waals surface area contributed by atoms with Gasteiger partial charge in [0.2, 0.25) is 4.91 Å². The molecule has 0 saturated heterocycles. The lowest BCUT2D eigenvalue weighted by Gasteiger charge is -2.17. The zero-order valence-corrected chi connectivity index (χ0v) is 15.2. The Hall–Kier alpha value is -2.71. The lowest BCUT2D eigenvalue weighted by atomic mass is 9.95. The molecule has 4 rings (SSSR count). The molecule has 2 unspecified atom stereocenters. The minimum Gasteiger partial charge on any atom is -0.435 e. The number of nitrogens with zero attached hydrogens (tertiary/aromatic N) is 4. The number of aromatic nitrogens is 2. The number of imidazole rings is 1. The second-order valence-corrected chi connectivity index (χ2v) is 6.87. The van der Waals surface area contributed by atoms with Crippen LogP contribution >= 0.6 is 15.9 Å². The summed E-state index contributed by atoms with van der Waals surface area (Å²) in [4.78, 5) is 7.55. The highest BCUT2D eigenvalue weighted by Crippen LogP contribution is 2.48. The fourth-order valence-electron chi connectivity index (χ4n) is 3.53. The molecule has 0 saturated carbocycles. The zero-order valence-electron chi connectivity index (χ0n) is 13.6. The minimum absolute atomic E-state index is 0.0584. The van der Waals surface area contributed by atoms with Gasteiger partial charge in [0, 0.05) is 23.7 Å². The van der Waals surface area contributed by atoms with Crippen molar-refractivity contribution in [2.75, 3.05) is 0 Å². The summed E-state index contributed by atoms with van der Waals surface area (Å²) < 4.78 is 46.2. The summed E-state index contributed by atoms with van der Waals surface area (Å²) in [6.45, 7) is -2.96. The molecule has 0 fully saturated rings. The van der Waals surface area contributed by atoms with E-state index in [-0.39, 0.29) is 16.1 Å². The molecule has 0 bridgehead atoms. The van der Waals surface area contributed by atoms with Gasteiger partial charge in [-0.25, -0.2) is 9.37 Å². The summed E-state index contributed by atoms with van der Waals surface area (Å²) >= 11 is 3.16.